The molecule has 7 nitrogen and oxygen atoms in total. The molecular formula is C28H37BrN2O5S. The van der Waals surface area contributed by atoms with Crippen molar-refractivity contribution in [1.29, 1.82) is 0 Å². The zero-order valence-corrected chi connectivity index (χ0v) is 24.1. The van der Waals surface area contributed by atoms with Crippen molar-refractivity contribution in [2.75, 3.05) is 19.8 Å². The molecule has 0 aliphatic carbocycles. The van der Waals surface area contributed by atoms with Gasteiger partial charge in [-0.3, -0.25) is 14.4 Å². The molecule has 4 unspecified atom stereocenters. The van der Waals surface area contributed by atoms with Gasteiger partial charge in [-0.2, -0.15) is 0 Å². The first-order valence-electron chi connectivity index (χ1n) is 13.1. The lowest BCUT2D eigenvalue weighted by molar-refractivity contribution is -0.154. The van der Waals surface area contributed by atoms with Gasteiger partial charge in [0.25, 0.3) is 0 Å². The molecule has 3 aliphatic rings. The normalized spacial score (nSPS) is 31.6. The van der Waals surface area contributed by atoms with Gasteiger partial charge in [0.1, 0.15) is 6.04 Å². The molecule has 4 rings (SSSR count). The summed E-state index contributed by atoms with van der Waals surface area (Å²) in [6.07, 6.45) is 4.03. The largest absolute Gasteiger partial charge is 0.466 e. The van der Waals surface area contributed by atoms with Crippen LogP contribution in [0.1, 0.15) is 51.6 Å². The number of rotatable bonds is 11. The number of amides is 2. The number of aliphatic hydroxyl groups is 1. The van der Waals surface area contributed by atoms with Crippen LogP contribution in [0, 0.1) is 11.8 Å². The highest BCUT2D eigenvalue weighted by atomic mass is 79.9. The Kier molecular flexibility index (Phi) is 8.75. The van der Waals surface area contributed by atoms with Gasteiger partial charge in [0, 0.05) is 22.7 Å². The molecule has 3 heterocycles. The summed E-state index contributed by atoms with van der Waals surface area (Å²) in [5, 5.41) is 10.4. The molecule has 8 atom stereocenters. The molecule has 37 heavy (non-hydrogen) atoms. The molecule has 202 valence electrons. The van der Waals surface area contributed by atoms with Crippen molar-refractivity contribution >= 4 is 45.5 Å². The van der Waals surface area contributed by atoms with Gasteiger partial charge in [-0.25, -0.2) is 0 Å². The topological polar surface area (TPSA) is 87.2 Å². The van der Waals surface area contributed by atoms with E-state index in [2.05, 4.69) is 29.4 Å². The number of nitrogens with zero attached hydrogens (tertiary/aromatic N) is 2. The summed E-state index contributed by atoms with van der Waals surface area (Å²) in [6, 6.07) is 7.75. The maximum atomic E-state index is 14.6. The van der Waals surface area contributed by atoms with E-state index in [1.807, 2.05) is 42.2 Å². The molecular weight excluding hydrogens is 556 g/mol. The lowest BCUT2D eigenvalue weighted by Gasteiger charge is -2.41. The second-order valence-electron chi connectivity index (χ2n) is 10.2. The second kappa shape index (κ2) is 11.5. The number of ether oxygens (including phenoxy) is 1. The summed E-state index contributed by atoms with van der Waals surface area (Å²) in [5.74, 6) is -2.13. The molecule has 2 bridgehead atoms. The summed E-state index contributed by atoms with van der Waals surface area (Å²) < 4.78 is 4.64. The molecule has 1 aromatic carbocycles. The highest BCUT2D eigenvalue weighted by Gasteiger charge is 2.76. The van der Waals surface area contributed by atoms with Gasteiger partial charge in [0.2, 0.25) is 11.8 Å². The van der Waals surface area contributed by atoms with E-state index in [9.17, 15) is 19.5 Å². The Hall–Kier alpha value is -1.84. The van der Waals surface area contributed by atoms with Crippen LogP contribution in [0.4, 0.5) is 0 Å². The number of hydrogen-bond acceptors (Lipinski definition) is 6. The molecule has 0 saturated carbocycles. The highest BCUT2D eigenvalue weighted by molar-refractivity contribution is 9.09. The van der Waals surface area contributed by atoms with Crippen molar-refractivity contribution in [2.45, 2.75) is 73.0 Å². The number of hydrogen-bond donors (Lipinski definition) is 1. The number of halogens is 1. The van der Waals surface area contributed by atoms with Gasteiger partial charge in [0.05, 0.1) is 35.8 Å². The summed E-state index contributed by atoms with van der Waals surface area (Å²) in [7, 11) is 0. The van der Waals surface area contributed by atoms with Crippen LogP contribution in [0.2, 0.25) is 0 Å². The second-order valence-corrected chi connectivity index (χ2v) is 12.9. The minimum atomic E-state index is -0.823. The van der Waals surface area contributed by atoms with Crippen molar-refractivity contribution in [2.24, 2.45) is 11.8 Å². The van der Waals surface area contributed by atoms with Crippen molar-refractivity contribution in [1.82, 2.24) is 9.80 Å². The fourth-order valence-electron chi connectivity index (χ4n) is 6.58. The number of benzene rings is 1. The number of thioether (sulfide) groups is 1. The average Bonchev–Trinajstić information content (AvgIpc) is 3.47. The molecule has 0 radical (unpaired) electrons. The number of fused-ring (bicyclic) bond motifs is 1. The number of alkyl halides is 1. The zero-order valence-electron chi connectivity index (χ0n) is 21.7. The van der Waals surface area contributed by atoms with Crippen LogP contribution in [0.25, 0.3) is 0 Å². The van der Waals surface area contributed by atoms with Crippen LogP contribution in [0.15, 0.2) is 43.0 Å². The standard InChI is InChI=1S/C28H37BrN2O5S/c1-5-11-17(4)30(14-6-2)26(34)24-28-15-19(29)23(37-28)21(27(35)36-7-3)22(28)25(33)31(24)20(16-32)18-12-9-8-10-13-18/h6,8-10,12-13,17,19-24,32H,2,5,7,11,14-16H2,1,3-4H3/t17?,19?,20-,21-,22+,23-,24?,28?/m1/s1. The van der Waals surface area contributed by atoms with E-state index >= 15 is 0 Å². The summed E-state index contributed by atoms with van der Waals surface area (Å²) >= 11 is 5.36. The van der Waals surface area contributed by atoms with Gasteiger partial charge in [0.15, 0.2) is 0 Å². The van der Waals surface area contributed by atoms with E-state index in [-0.39, 0.29) is 47.1 Å². The van der Waals surface area contributed by atoms with Gasteiger partial charge < -0.3 is 19.6 Å². The quantitative estimate of drug-likeness (QED) is 0.238. The number of aliphatic hydroxyl groups excluding tert-OH is 1. The van der Waals surface area contributed by atoms with E-state index in [0.717, 1.165) is 18.4 Å². The van der Waals surface area contributed by atoms with E-state index in [1.165, 1.54) is 0 Å². The summed E-state index contributed by atoms with van der Waals surface area (Å²) in [6.45, 7) is 10.0. The fourth-order valence-corrected chi connectivity index (χ4v) is 10.2. The number of esters is 1. The van der Waals surface area contributed by atoms with Crippen molar-refractivity contribution < 1.29 is 24.2 Å². The predicted molar refractivity (Wildman–Crippen MR) is 148 cm³/mol. The van der Waals surface area contributed by atoms with Gasteiger partial charge in [-0.1, -0.05) is 65.7 Å². The Balaban J connectivity index is 1.86. The monoisotopic (exact) mass is 592 g/mol. The lowest BCUT2D eigenvalue weighted by atomic mass is 9.71. The van der Waals surface area contributed by atoms with E-state index < -0.39 is 28.7 Å². The van der Waals surface area contributed by atoms with Gasteiger partial charge in [-0.05, 0) is 32.3 Å². The van der Waals surface area contributed by atoms with Crippen molar-refractivity contribution in [3.63, 3.8) is 0 Å². The minimum Gasteiger partial charge on any atom is -0.466 e. The Morgan fingerprint density at radius 2 is 2.05 bits per heavy atom. The molecule has 1 aromatic rings. The molecule has 0 aromatic heterocycles. The molecule has 3 aliphatic heterocycles. The molecule has 1 N–H and O–H groups in total. The minimum absolute atomic E-state index is 0.0311. The molecule has 1 spiro atoms. The summed E-state index contributed by atoms with van der Waals surface area (Å²) in [5.41, 5.74) is 0.757. The number of carbonyl (C=O) groups excluding carboxylic acids is 3. The SMILES string of the molecule is C=CCN(C(=O)C1N([C@H](CO)c2ccccc2)C(=O)[C@@H]2[C@@H](C(=O)OCC)[C@@H]3SC12CC3Br)C(C)CCC. The van der Waals surface area contributed by atoms with Crippen LogP contribution in [0.3, 0.4) is 0 Å². The summed E-state index contributed by atoms with van der Waals surface area (Å²) in [4.78, 5) is 45.5. The van der Waals surface area contributed by atoms with Crippen molar-refractivity contribution in [3.05, 3.63) is 48.6 Å². The van der Waals surface area contributed by atoms with Crippen LogP contribution in [0.5, 0.6) is 0 Å². The number of carbonyl (C=O) groups is 3. The van der Waals surface area contributed by atoms with Gasteiger partial charge in [-0.15, -0.1) is 18.3 Å². The highest BCUT2D eigenvalue weighted by Crippen LogP contribution is 2.68. The van der Waals surface area contributed by atoms with Crippen LogP contribution in [-0.4, -0.2) is 79.4 Å². The first-order chi connectivity index (χ1) is 17.8. The van der Waals surface area contributed by atoms with Crippen LogP contribution < -0.4 is 0 Å². The first kappa shape index (κ1) is 28.2. The molecule has 9 heteroatoms. The zero-order chi connectivity index (χ0) is 26.9. The first-order valence-corrected chi connectivity index (χ1v) is 14.9. The maximum absolute atomic E-state index is 14.6. The van der Waals surface area contributed by atoms with E-state index in [4.69, 9.17) is 4.74 Å². The Morgan fingerprint density at radius 3 is 2.65 bits per heavy atom. The predicted octanol–water partition coefficient (Wildman–Crippen LogP) is 3.95. The smallest absolute Gasteiger partial charge is 0.310 e. The number of likely N-dealkylation sites (tertiary alicyclic amines) is 1. The Labute approximate surface area is 232 Å². The third-order valence-corrected chi connectivity index (χ3v) is 11.3. The maximum Gasteiger partial charge on any atom is 0.310 e. The molecule has 3 saturated heterocycles. The Morgan fingerprint density at radius 1 is 1.35 bits per heavy atom. The third-order valence-electron chi connectivity index (χ3n) is 8.06. The van der Waals surface area contributed by atoms with Gasteiger partial charge >= 0.3 is 5.97 Å². The van der Waals surface area contributed by atoms with Crippen LogP contribution in [-0.2, 0) is 19.1 Å². The van der Waals surface area contributed by atoms with Crippen molar-refractivity contribution in [3.8, 4) is 0 Å². The van der Waals surface area contributed by atoms with Crippen LogP contribution >= 0.6 is 27.7 Å². The average molecular weight is 594 g/mol. The van der Waals surface area contributed by atoms with E-state index in [0.29, 0.717) is 13.0 Å². The lowest BCUT2D eigenvalue weighted by Crippen LogP contribution is -2.57. The van der Waals surface area contributed by atoms with E-state index in [1.54, 1.807) is 29.7 Å². The molecule has 2 amide bonds. The fraction of sp³-hybridized carbons (Fsp3) is 0.607. The third kappa shape index (κ3) is 4.65. The molecule has 3 fully saturated rings. The Bertz CT molecular complexity index is 1030.